The lowest BCUT2D eigenvalue weighted by molar-refractivity contribution is -0.117. The predicted octanol–water partition coefficient (Wildman–Crippen LogP) is 2.59. The Morgan fingerprint density at radius 2 is 2.00 bits per heavy atom. The van der Waals surface area contributed by atoms with Crippen LogP contribution in [-0.4, -0.2) is 43.5 Å². The van der Waals surface area contributed by atoms with Gasteiger partial charge >= 0.3 is 5.97 Å². The molecule has 0 aliphatic heterocycles. The fraction of sp³-hybridized carbons (Fsp3) is 0.529. The summed E-state index contributed by atoms with van der Waals surface area (Å²) in [5.74, 6) is -0.460. The maximum absolute atomic E-state index is 12.2. The number of hydrogen-bond donors (Lipinski definition) is 1. The number of anilines is 1. The van der Waals surface area contributed by atoms with E-state index in [1.807, 2.05) is 20.0 Å². The Morgan fingerprint density at radius 3 is 2.64 bits per heavy atom. The number of methoxy groups -OCH3 is 1. The van der Waals surface area contributed by atoms with Gasteiger partial charge in [0.05, 0.1) is 19.2 Å². The molecule has 0 aromatic heterocycles. The standard InChI is InChI=1S/C17H24N2O3/c1-12-8-9-13(17(21)22-3)10-15(12)18-16(20)11-19(2)14-6-4-5-7-14/h8-10,14H,4-7,11H2,1-3H3,(H,18,20). The molecule has 0 saturated heterocycles. The van der Waals surface area contributed by atoms with E-state index in [2.05, 4.69) is 10.2 Å². The van der Waals surface area contributed by atoms with Crippen LogP contribution in [0.15, 0.2) is 18.2 Å². The third-order valence-corrected chi connectivity index (χ3v) is 4.27. The molecule has 0 heterocycles. The van der Waals surface area contributed by atoms with E-state index in [0.717, 1.165) is 5.56 Å². The van der Waals surface area contributed by atoms with Crippen LogP contribution in [0.2, 0.25) is 0 Å². The van der Waals surface area contributed by atoms with Crippen LogP contribution >= 0.6 is 0 Å². The zero-order valence-corrected chi connectivity index (χ0v) is 13.5. The molecule has 1 aromatic carbocycles. The van der Waals surface area contributed by atoms with Crippen molar-refractivity contribution in [1.29, 1.82) is 0 Å². The summed E-state index contributed by atoms with van der Waals surface area (Å²) in [4.78, 5) is 25.9. The van der Waals surface area contributed by atoms with Gasteiger partial charge in [0.1, 0.15) is 0 Å². The number of rotatable bonds is 5. The summed E-state index contributed by atoms with van der Waals surface area (Å²) in [5, 5.41) is 2.90. The predicted molar refractivity (Wildman–Crippen MR) is 86.0 cm³/mol. The van der Waals surface area contributed by atoms with Crippen LogP contribution in [0.4, 0.5) is 5.69 Å². The van der Waals surface area contributed by atoms with Crippen LogP contribution in [0.25, 0.3) is 0 Å². The van der Waals surface area contributed by atoms with Gasteiger partial charge in [0.15, 0.2) is 0 Å². The van der Waals surface area contributed by atoms with Gasteiger partial charge in [0, 0.05) is 11.7 Å². The molecule has 1 N–H and O–H groups in total. The molecule has 0 bridgehead atoms. The van der Waals surface area contributed by atoms with Gasteiger partial charge in [0.2, 0.25) is 5.91 Å². The van der Waals surface area contributed by atoms with E-state index >= 15 is 0 Å². The second-order valence-corrected chi connectivity index (χ2v) is 5.92. The van der Waals surface area contributed by atoms with Gasteiger partial charge in [-0.05, 0) is 44.5 Å². The van der Waals surface area contributed by atoms with Crippen molar-refractivity contribution in [2.75, 3.05) is 26.0 Å². The minimum atomic E-state index is -0.404. The van der Waals surface area contributed by atoms with Crippen molar-refractivity contribution in [2.24, 2.45) is 0 Å². The molecule has 0 radical (unpaired) electrons. The van der Waals surface area contributed by atoms with Gasteiger partial charge in [-0.25, -0.2) is 4.79 Å². The van der Waals surface area contributed by atoms with Crippen molar-refractivity contribution < 1.29 is 14.3 Å². The maximum Gasteiger partial charge on any atom is 0.337 e. The fourth-order valence-corrected chi connectivity index (χ4v) is 2.89. The van der Waals surface area contributed by atoms with Crippen LogP contribution in [-0.2, 0) is 9.53 Å². The van der Waals surface area contributed by atoms with Gasteiger partial charge in [-0.2, -0.15) is 0 Å². The van der Waals surface area contributed by atoms with E-state index in [1.165, 1.54) is 32.8 Å². The molecular weight excluding hydrogens is 280 g/mol. The van der Waals surface area contributed by atoms with Gasteiger partial charge in [-0.1, -0.05) is 18.9 Å². The Bertz CT molecular complexity index is 551. The number of aryl methyl sites for hydroxylation is 1. The van der Waals surface area contributed by atoms with Gasteiger partial charge in [-0.3, -0.25) is 9.69 Å². The molecule has 1 amide bonds. The number of esters is 1. The van der Waals surface area contributed by atoms with Gasteiger partial charge in [0.25, 0.3) is 0 Å². The highest BCUT2D eigenvalue weighted by atomic mass is 16.5. The Morgan fingerprint density at radius 1 is 1.32 bits per heavy atom. The smallest absolute Gasteiger partial charge is 0.337 e. The number of benzene rings is 1. The lowest BCUT2D eigenvalue weighted by Gasteiger charge is -2.23. The van der Waals surface area contributed by atoms with E-state index in [9.17, 15) is 9.59 Å². The Kier molecular flexibility index (Phi) is 5.55. The zero-order valence-electron chi connectivity index (χ0n) is 13.5. The van der Waals surface area contributed by atoms with Crippen LogP contribution in [0, 0.1) is 6.92 Å². The first-order valence-electron chi connectivity index (χ1n) is 7.70. The average molecular weight is 304 g/mol. The molecule has 1 saturated carbocycles. The molecule has 0 spiro atoms. The van der Waals surface area contributed by atoms with E-state index in [1.54, 1.807) is 12.1 Å². The molecule has 0 unspecified atom stereocenters. The Hall–Kier alpha value is -1.88. The van der Waals surface area contributed by atoms with E-state index in [0.29, 0.717) is 23.8 Å². The molecule has 1 aliphatic rings. The average Bonchev–Trinajstić information content (AvgIpc) is 3.03. The molecule has 1 aromatic rings. The first-order chi connectivity index (χ1) is 10.5. The molecule has 120 valence electrons. The molecule has 1 fully saturated rings. The minimum Gasteiger partial charge on any atom is -0.465 e. The highest BCUT2D eigenvalue weighted by Crippen LogP contribution is 2.22. The van der Waals surface area contributed by atoms with Crippen molar-refractivity contribution in [1.82, 2.24) is 4.90 Å². The zero-order chi connectivity index (χ0) is 16.1. The third-order valence-electron chi connectivity index (χ3n) is 4.27. The first-order valence-corrected chi connectivity index (χ1v) is 7.70. The number of nitrogens with one attached hydrogen (secondary N) is 1. The van der Waals surface area contributed by atoms with Crippen molar-refractivity contribution >= 4 is 17.6 Å². The summed E-state index contributed by atoms with van der Waals surface area (Å²) in [5.41, 5.74) is 2.02. The fourth-order valence-electron chi connectivity index (χ4n) is 2.89. The second-order valence-electron chi connectivity index (χ2n) is 5.92. The summed E-state index contributed by atoms with van der Waals surface area (Å²) in [6.45, 7) is 2.27. The summed E-state index contributed by atoms with van der Waals surface area (Å²) < 4.78 is 4.71. The monoisotopic (exact) mass is 304 g/mol. The molecular formula is C17H24N2O3. The quantitative estimate of drug-likeness (QED) is 0.850. The maximum atomic E-state index is 12.2. The highest BCUT2D eigenvalue weighted by molar-refractivity contribution is 5.96. The summed E-state index contributed by atoms with van der Waals surface area (Å²) in [6.07, 6.45) is 4.83. The van der Waals surface area contributed by atoms with Crippen LogP contribution < -0.4 is 5.32 Å². The lowest BCUT2D eigenvalue weighted by atomic mass is 10.1. The first kappa shape index (κ1) is 16.5. The van der Waals surface area contributed by atoms with Gasteiger partial charge < -0.3 is 10.1 Å². The topological polar surface area (TPSA) is 58.6 Å². The SMILES string of the molecule is COC(=O)c1ccc(C)c(NC(=O)CN(C)C2CCCC2)c1. The van der Waals surface area contributed by atoms with Crippen molar-refractivity contribution in [3.63, 3.8) is 0 Å². The van der Waals surface area contributed by atoms with Crippen LogP contribution in [0.3, 0.4) is 0 Å². The lowest BCUT2D eigenvalue weighted by Crippen LogP contribution is -2.36. The third kappa shape index (κ3) is 4.07. The number of likely N-dealkylation sites (N-methyl/N-ethyl adjacent to an activating group) is 1. The summed E-state index contributed by atoms with van der Waals surface area (Å²) in [7, 11) is 3.34. The van der Waals surface area contributed by atoms with Crippen LogP contribution in [0.1, 0.15) is 41.6 Å². The van der Waals surface area contributed by atoms with Crippen molar-refractivity contribution in [3.05, 3.63) is 29.3 Å². The molecule has 1 aliphatic carbocycles. The van der Waals surface area contributed by atoms with Crippen molar-refractivity contribution in [2.45, 2.75) is 38.6 Å². The molecule has 0 atom stereocenters. The summed E-state index contributed by atoms with van der Waals surface area (Å²) in [6, 6.07) is 5.67. The second kappa shape index (κ2) is 7.40. The number of hydrogen-bond acceptors (Lipinski definition) is 4. The van der Waals surface area contributed by atoms with Crippen molar-refractivity contribution in [3.8, 4) is 0 Å². The van der Waals surface area contributed by atoms with E-state index in [4.69, 9.17) is 4.74 Å². The normalized spacial score (nSPS) is 15.1. The molecule has 5 heteroatoms. The Labute approximate surface area is 131 Å². The van der Waals surface area contributed by atoms with Crippen LogP contribution in [0.5, 0.6) is 0 Å². The van der Waals surface area contributed by atoms with E-state index in [-0.39, 0.29) is 5.91 Å². The highest BCUT2D eigenvalue weighted by Gasteiger charge is 2.21. The molecule has 5 nitrogen and oxygen atoms in total. The minimum absolute atomic E-state index is 0.0560. The Balaban J connectivity index is 1.99. The number of ether oxygens (including phenoxy) is 1. The summed E-state index contributed by atoms with van der Waals surface area (Å²) >= 11 is 0. The van der Waals surface area contributed by atoms with Gasteiger partial charge in [-0.15, -0.1) is 0 Å². The molecule has 22 heavy (non-hydrogen) atoms. The number of carbonyl (C=O) groups excluding carboxylic acids is 2. The largest absolute Gasteiger partial charge is 0.465 e. The van der Waals surface area contributed by atoms with E-state index < -0.39 is 5.97 Å². The number of nitrogens with zero attached hydrogens (tertiary/aromatic N) is 1. The molecule has 2 rings (SSSR count). The number of amides is 1. The number of carbonyl (C=O) groups is 2.